The van der Waals surface area contributed by atoms with E-state index in [9.17, 15) is 0 Å². The van der Waals surface area contributed by atoms with Crippen LogP contribution >= 0.6 is 15.9 Å². The molecule has 0 fully saturated rings. The Labute approximate surface area is 122 Å². The van der Waals surface area contributed by atoms with Crippen LogP contribution in [0.25, 0.3) is 11.8 Å². The first kappa shape index (κ1) is 14.0. The Morgan fingerprint density at radius 2 is 2.16 bits per heavy atom. The summed E-state index contributed by atoms with van der Waals surface area (Å²) in [5, 5.41) is 4.48. The van der Waals surface area contributed by atoms with Crippen molar-refractivity contribution in [1.82, 2.24) is 9.78 Å². The Bertz CT molecular complexity index is 598. The Morgan fingerprint density at radius 1 is 1.37 bits per heavy atom. The molecule has 0 saturated heterocycles. The highest BCUT2D eigenvalue weighted by Gasteiger charge is 2.07. The van der Waals surface area contributed by atoms with E-state index >= 15 is 0 Å². The normalized spacial score (nSPS) is 10.5. The maximum absolute atomic E-state index is 5.17. The Morgan fingerprint density at radius 3 is 2.84 bits per heavy atom. The van der Waals surface area contributed by atoms with E-state index in [1.165, 1.54) is 5.57 Å². The highest BCUT2D eigenvalue weighted by molar-refractivity contribution is 9.10. The highest BCUT2D eigenvalue weighted by Crippen LogP contribution is 2.19. The molecule has 1 aromatic carbocycles. The zero-order chi connectivity index (χ0) is 13.8. The van der Waals surface area contributed by atoms with E-state index in [1.807, 2.05) is 28.9 Å². The summed E-state index contributed by atoms with van der Waals surface area (Å²) in [4.78, 5) is 0. The van der Waals surface area contributed by atoms with Gasteiger partial charge in [-0.3, -0.25) is 0 Å². The number of rotatable bonds is 4. The molecule has 0 unspecified atom stereocenters. The molecule has 0 aliphatic carbocycles. The molecule has 19 heavy (non-hydrogen) atoms. The number of hydrogen-bond donors (Lipinski definition) is 0. The minimum Gasteiger partial charge on any atom is -0.380 e. The van der Waals surface area contributed by atoms with Gasteiger partial charge in [-0.15, -0.1) is 0 Å². The lowest BCUT2D eigenvalue weighted by molar-refractivity contribution is 0.185. The van der Waals surface area contributed by atoms with E-state index in [0.29, 0.717) is 6.61 Å². The van der Waals surface area contributed by atoms with Gasteiger partial charge in [0.25, 0.3) is 0 Å². The summed E-state index contributed by atoms with van der Waals surface area (Å²) in [7, 11) is 1.70. The van der Waals surface area contributed by atoms with Gasteiger partial charge < -0.3 is 4.74 Å². The molecule has 0 radical (unpaired) electrons. The maximum Gasteiger partial charge on any atom is 0.129 e. The van der Waals surface area contributed by atoms with E-state index < -0.39 is 0 Å². The molecule has 3 nitrogen and oxygen atoms in total. The van der Waals surface area contributed by atoms with Gasteiger partial charge in [-0.25, -0.2) is 4.68 Å². The summed E-state index contributed by atoms with van der Waals surface area (Å²) >= 11 is 3.43. The van der Waals surface area contributed by atoms with Crippen LogP contribution in [0.5, 0.6) is 0 Å². The zero-order valence-corrected chi connectivity index (χ0v) is 12.9. The highest BCUT2D eigenvalue weighted by atomic mass is 79.9. The van der Waals surface area contributed by atoms with Gasteiger partial charge in [-0.05, 0) is 59.6 Å². The van der Waals surface area contributed by atoms with Gasteiger partial charge in [0.15, 0.2) is 0 Å². The lowest BCUT2D eigenvalue weighted by Gasteiger charge is -2.07. The molecule has 4 heteroatoms. The third-order valence-electron chi connectivity index (χ3n) is 2.61. The van der Waals surface area contributed by atoms with Gasteiger partial charge >= 0.3 is 0 Å². The van der Waals surface area contributed by atoms with E-state index in [0.717, 1.165) is 21.5 Å². The maximum atomic E-state index is 5.17. The standard InChI is InChI=1S/C15H17BrN2O/c1-11(2)7-14-9-15(16)17-18(14)13-6-4-5-12(8-13)10-19-3/h4-9H,10H2,1-3H3. The quantitative estimate of drug-likeness (QED) is 0.844. The lowest BCUT2D eigenvalue weighted by Crippen LogP contribution is -2.00. The van der Waals surface area contributed by atoms with Crippen molar-refractivity contribution >= 4 is 22.0 Å². The number of nitrogens with zero attached hydrogens (tertiary/aromatic N) is 2. The molecule has 0 N–H and O–H groups in total. The van der Waals surface area contributed by atoms with Crippen molar-refractivity contribution < 1.29 is 4.74 Å². The fourth-order valence-corrected chi connectivity index (χ4v) is 2.31. The van der Waals surface area contributed by atoms with Gasteiger partial charge in [0.1, 0.15) is 4.60 Å². The number of allylic oxidation sites excluding steroid dienone is 1. The van der Waals surface area contributed by atoms with Crippen molar-refractivity contribution in [1.29, 1.82) is 0 Å². The van der Waals surface area contributed by atoms with Crippen LogP contribution < -0.4 is 0 Å². The molecule has 0 aliphatic rings. The molecule has 100 valence electrons. The van der Waals surface area contributed by atoms with Gasteiger partial charge in [-0.2, -0.15) is 5.10 Å². The molecule has 0 amide bonds. The van der Waals surface area contributed by atoms with E-state index in [4.69, 9.17) is 4.74 Å². The summed E-state index contributed by atoms with van der Waals surface area (Å²) in [5.41, 5.74) is 4.46. The van der Waals surface area contributed by atoms with E-state index in [-0.39, 0.29) is 0 Å². The second-order valence-corrected chi connectivity index (χ2v) is 5.44. The Kier molecular flexibility index (Phi) is 4.56. The Balaban J connectivity index is 2.46. The number of methoxy groups -OCH3 is 1. The second-order valence-electron chi connectivity index (χ2n) is 4.63. The predicted octanol–water partition coefficient (Wildman–Crippen LogP) is 4.20. The molecule has 0 spiro atoms. The number of halogens is 1. The van der Waals surface area contributed by atoms with Crippen LogP contribution in [-0.4, -0.2) is 16.9 Å². The molecule has 0 bridgehead atoms. The van der Waals surface area contributed by atoms with Crippen LogP contribution in [0.1, 0.15) is 25.1 Å². The number of ether oxygens (including phenoxy) is 1. The third kappa shape index (κ3) is 3.55. The van der Waals surface area contributed by atoms with Crippen LogP contribution in [0.15, 0.2) is 40.5 Å². The summed E-state index contributed by atoms with van der Waals surface area (Å²) in [6.07, 6.45) is 2.11. The topological polar surface area (TPSA) is 27.1 Å². The third-order valence-corrected chi connectivity index (χ3v) is 3.00. The average Bonchev–Trinajstić information content (AvgIpc) is 2.70. The summed E-state index contributed by atoms with van der Waals surface area (Å²) in [6.45, 7) is 4.76. The fourth-order valence-electron chi connectivity index (χ4n) is 1.92. The second kappa shape index (κ2) is 6.17. The zero-order valence-electron chi connectivity index (χ0n) is 11.4. The van der Waals surface area contributed by atoms with Crippen LogP contribution in [0, 0.1) is 0 Å². The van der Waals surface area contributed by atoms with Crippen LogP contribution in [0.2, 0.25) is 0 Å². The summed E-state index contributed by atoms with van der Waals surface area (Å²) in [6, 6.07) is 10.2. The first-order chi connectivity index (χ1) is 9.10. The smallest absolute Gasteiger partial charge is 0.129 e. The molecule has 0 saturated carbocycles. The first-order valence-corrected chi connectivity index (χ1v) is 6.88. The molecule has 2 rings (SSSR count). The number of hydrogen-bond acceptors (Lipinski definition) is 2. The molecule has 0 aliphatic heterocycles. The van der Waals surface area contributed by atoms with Crippen molar-refractivity contribution in [3.63, 3.8) is 0 Å². The van der Waals surface area contributed by atoms with Gasteiger partial charge in [0.2, 0.25) is 0 Å². The summed E-state index contributed by atoms with van der Waals surface area (Å²) < 4.78 is 7.93. The summed E-state index contributed by atoms with van der Waals surface area (Å²) in [5.74, 6) is 0. The molecule has 1 aromatic heterocycles. The van der Waals surface area contributed by atoms with Crippen molar-refractivity contribution in [3.05, 3.63) is 51.8 Å². The molecule has 2 aromatic rings. The predicted molar refractivity (Wildman–Crippen MR) is 81.3 cm³/mol. The van der Waals surface area contributed by atoms with E-state index in [1.54, 1.807) is 7.11 Å². The van der Waals surface area contributed by atoms with Gasteiger partial charge in [0.05, 0.1) is 18.0 Å². The van der Waals surface area contributed by atoms with Gasteiger partial charge in [-0.1, -0.05) is 17.7 Å². The lowest BCUT2D eigenvalue weighted by atomic mass is 10.2. The fraction of sp³-hybridized carbons (Fsp3) is 0.267. The van der Waals surface area contributed by atoms with Crippen LogP contribution in [0.3, 0.4) is 0 Å². The molecule has 1 heterocycles. The van der Waals surface area contributed by atoms with Crippen molar-refractivity contribution in [2.75, 3.05) is 7.11 Å². The van der Waals surface area contributed by atoms with Crippen molar-refractivity contribution in [3.8, 4) is 5.69 Å². The van der Waals surface area contributed by atoms with E-state index in [2.05, 4.69) is 47.0 Å². The minimum absolute atomic E-state index is 0.605. The average molecular weight is 321 g/mol. The number of aromatic nitrogens is 2. The SMILES string of the molecule is COCc1cccc(-n2nc(Br)cc2C=C(C)C)c1. The molecular formula is C15H17BrN2O. The largest absolute Gasteiger partial charge is 0.380 e. The van der Waals surface area contributed by atoms with Crippen molar-refractivity contribution in [2.24, 2.45) is 0 Å². The first-order valence-electron chi connectivity index (χ1n) is 6.09. The van der Waals surface area contributed by atoms with Crippen molar-refractivity contribution in [2.45, 2.75) is 20.5 Å². The minimum atomic E-state index is 0.605. The number of benzene rings is 1. The van der Waals surface area contributed by atoms with Gasteiger partial charge in [0, 0.05) is 7.11 Å². The monoisotopic (exact) mass is 320 g/mol. The van der Waals surface area contributed by atoms with Crippen LogP contribution in [0.4, 0.5) is 0 Å². The molecule has 0 atom stereocenters. The van der Waals surface area contributed by atoms with Crippen LogP contribution in [-0.2, 0) is 11.3 Å². The Hall–Kier alpha value is -1.39. The molecular weight excluding hydrogens is 304 g/mol.